The smallest absolute Gasteiger partial charge is 0.262 e. The Morgan fingerprint density at radius 2 is 1.94 bits per heavy atom. The molecule has 5 rings (SSSR count). The third-order valence-corrected chi connectivity index (χ3v) is 8.53. The van der Waals surface area contributed by atoms with Crippen molar-refractivity contribution in [3.8, 4) is 17.1 Å². The molecule has 4 aromatic rings. The molecule has 1 aliphatic rings. The Balaban J connectivity index is 1.61. The molecule has 0 amide bonds. The van der Waals surface area contributed by atoms with Gasteiger partial charge in [-0.3, -0.25) is 4.72 Å². The van der Waals surface area contributed by atoms with Crippen molar-refractivity contribution in [2.45, 2.75) is 4.90 Å². The summed E-state index contributed by atoms with van der Waals surface area (Å²) in [5, 5.41) is 1.96. The van der Waals surface area contributed by atoms with E-state index >= 15 is 0 Å². The molecular weight excluding hydrogens is 542 g/mol. The van der Waals surface area contributed by atoms with E-state index in [2.05, 4.69) is 30.5 Å². The molecule has 0 aliphatic carbocycles. The number of hydrogen-bond acceptors (Lipinski definition) is 9. The zero-order valence-electron chi connectivity index (χ0n) is 18.1. The second kappa shape index (κ2) is 9.45. The van der Waals surface area contributed by atoms with Crippen LogP contribution in [0.2, 0.25) is 0 Å². The number of benzene rings is 1. The van der Waals surface area contributed by atoms with E-state index in [1.807, 2.05) is 5.38 Å². The van der Waals surface area contributed by atoms with E-state index in [9.17, 15) is 8.42 Å². The first-order valence-electron chi connectivity index (χ1n) is 10.4. The normalized spacial score (nSPS) is 14.4. The Labute approximate surface area is 209 Å². The lowest BCUT2D eigenvalue weighted by atomic mass is 10.2. The number of fused-ring (bicyclic) bond motifs is 1. The summed E-state index contributed by atoms with van der Waals surface area (Å²) in [4.78, 5) is 16.2. The fourth-order valence-corrected chi connectivity index (χ4v) is 6.24. The van der Waals surface area contributed by atoms with E-state index in [-0.39, 0.29) is 16.5 Å². The molecule has 0 bridgehead atoms. The van der Waals surface area contributed by atoms with Crippen LogP contribution >= 0.6 is 27.3 Å². The Morgan fingerprint density at radius 1 is 1.18 bits per heavy atom. The first-order valence-corrected chi connectivity index (χ1v) is 13.5. The summed E-state index contributed by atoms with van der Waals surface area (Å²) in [5.74, 6) is 0.751. The van der Waals surface area contributed by atoms with Gasteiger partial charge in [-0.05, 0) is 34.1 Å². The molecule has 0 radical (unpaired) electrons. The largest absolute Gasteiger partial charge is 0.480 e. The number of methoxy groups -OCH3 is 1. The molecule has 9 nitrogen and oxygen atoms in total. The van der Waals surface area contributed by atoms with Gasteiger partial charge in [-0.25, -0.2) is 23.4 Å². The fraction of sp³-hybridized carbons (Fsp3) is 0.227. The number of thiophene rings is 1. The lowest BCUT2D eigenvalue weighted by Gasteiger charge is -2.27. The lowest BCUT2D eigenvalue weighted by molar-refractivity contribution is 0.122. The van der Waals surface area contributed by atoms with Crippen molar-refractivity contribution >= 4 is 59.1 Å². The topological polar surface area (TPSA) is 107 Å². The first-order chi connectivity index (χ1) is 16.5. The van der Waals surface area contributed by atoms with Crippen LogP contribution in [-0.4, -0.2) is 56.8 Å². The highest BCUT2D eigenvalue weighted by molar-refractivity contribution is 9.10. The molecule has 1 fully saturated rings. The average molecular weight is 562 g/mol. The highest BCUT2D eigenvalue weighted by atomic mass is 79.9. The van der Waals surface area contributed by atoms with Crippen LogP contribution < -0.4 is 14.4 Å². The van der Waals surface area contributed by atoms with Crippen LogP contribution in [0.3, 0.4) is 0 Å². The standard InChI is InChI=1S/C22H20BrN5O4S2/c1-31-21-17(27-34(29,30)15-5-3-2-4-6-15)11-14(12-24-21)18-20-19(16(23)13-33-20)26-22(25-18)28-7-9-32-10-8-28/h2-6,11-13,27H,7-10H2,1H3. The van der Waals surface area contributed by atoms with Gasteiger partial charge in [-0.1, -0.05) is 18.2 Å². The predicted molar refractivity (Wildman–Crippen MR) is 135 cm³/mol. The quantitative estimate of drug-likeness (QED) is 0.374. The molecule has 0 saturated carbocycles. The van der Waals surface area contributed by atoms with Crippen molar-refractivity contribution in [1.29, 1.82) is 0 Å². The molecule has 4 heterocycles. The number of hydrogen-bond donors (Lipinski definition) is 1. The SMILES string of the molecule is COc1ncc(-c2nc(N3CCOCC3)nc3c(Br)csc23)cc1NS(=O)(=O)c1ccccc1. The van der Waals surface area contributed by atoms with E-state index in [0.29, 0.717) is 43.5 Å². The maximum Gasteiger partial charge on any atom is 0.262 e. The monoisotopic (exact) mass is 561 g/mol. The van der Waals surface area contributed by atoms with Crippen LogP contribution in [0.5, 0.6) is 5.88 Å². The van der Waals surface area contributed by atoms with Gasteiger partial charge in [0.25, 0.3) is 10.0 Å². The number of ether oxygens (including phenoxy) is 2. The summed E-state index contributed by atoms with van der Waals surface area (Å²) < 4.78 is 41.0. The number of nitrogens with zero attached hydrogens (tertiary/aromatic N) is 4. The van der Waals surface area contributed by atoms with Gasteiger partial charge >= 0.3 is 0 Å². The van der Waals surface area contributed by atoms with Gasteiger partial charge in [0, 0.05) is 30.2 Å². The molecular formula is C22H20BrN5O4S2. The summed E-state index contributed by atoms with van der Waals surface area (Å²) >= 11 is 5.09. The Kier molecular flexibility index (Phi) is 6.38. The highest BCUT2D eigenvalue weighted by Gasteiger charge is 2.22. The summed E-state index contributed by atoms with van der Waals surface area (Å²) in [6, 6.07) is 9.83. The molecule has 0 unspecified atom stereocenters. The third-order valence-electron chi connectivity index (χ3n) is 5.27. The van der Waals surface area contributed by atoms with E-state index < -0.39 is 10.0 Å². The lowest BCUT2D eigenvalue weighted by Crippen LogP contribution is -2.37. The summed E-state index contributed by atoms with van der Waals surface area (Å²) in [5.41, 5.74) is 2.32. The number of anilines is 2. The molecule has 1 N–H and O–H groups in total. The number of aromatic nitrogens is 3. The van der Waals surface area contributed by atoms with Crippen molar-refractivity contribution < 1.29 is 17.9 Å². The molecule has 3 aromatic heterocycles. The van der Waals surface area contributed by atoms with E-state index in [4.69, 9.17) is 19.4 Å². The number of sulfonamides is 1. The van der Waals surface area contributed by atoms with Crippen molar-refractivity contribution in [2.75, 3.05) is 43.0 Å². The summed E-state index contributed by atoms with van der Waals surface area (Å²) in [6.07, 6.45) is 1.62. The van der Waals surface area contributed by atoms with Crippen LogP contribution in [0, 0.1) is 0 Å². The number of morpholine rings is 1. The zero-order valence-corrected chi connectivity index (χ0v) is 21.3. The van der Waals surface area contributed by atoms with Crippen molar-refractivity contribution in [1.82, 2.24) is 15.0 Å². The van der Waals surface area contributed by atoms with Crippen LogP contribution in [0.25, 0.3) is 21.5 Å². The molecule has 0 atom stereocenters. The van der Waals surface area contributed by atoms with Crippen LogP contribution in [0.4, 0.5) is 11.6 Å². The fourth-order valence-electron chi connectivity index (χ4n) is 3.60. The van der Waals surface area contributed by atoms with Crippen LogP contribution in [-0.2, 0) is 14.8 Å². The van der Waals surface area contributed by atoms with Crippen LogP contribution in [0.15, 0.2) is 57.3 Å². The number of rotatable bonds is 6. The molecule has 1 aliphatic heterocycles. The van der Waals surface area contributed by atoms with Gasteiger partial charge in [0.1, 0.15) is 11.2 Å². The second-order valence-corrected chi connectivity index (χ2v) is 10.8. The third kappa shape index (κ3) is 4.45. The minimum atomic E-state index is -3.84. The van der Waals surface area contributed by atoms with E-state index in [0.717, 1.165) is 14.7 Å². The predicted octanol–water partition coefficient (Wildman–Crippen LogP) is 4.16. The number of pyridine rings is 1. The summed E-state index contributed by atoms with van der Waals surface area (Å²) in [6.45, 7) is 2.60. The van der Waals surface area contributed by atoms with Gasteiger partial charge in [0.15, 0.2) is 0 Å². The average Bonchev–Trinajstić information content (AvgIpc) is 3.25. The first kappa shape index (κ1) is 23.0. The number of nitrogens with one attached hydrogen (secondary N) is 1. The van der Waals surface area contributed by atoms with Gasteiger partial charge < -0.3 is 14.4 Å². The Hall–Kier alpha value is -2.80. The molecule has 0 spiro atoms. The van der Waals surface area contributed by atoms with E-state index in [1.165, 1.54) is 30.6 Å². The Morgan fingerprint density at radius 3 is 2.68 bits per heavy atom. The molecule has 34 heavy (non-hydrogen) atoms. The zero-order chi connectivity index (χ0) is 23.7. The van der Waals surface area contributed by atoms with Gasteiger partial charge in [-0.15, -0.1) is 11.3 Å². The second-order valence-electron chi connectivity index (χ2n) is 7.43. The minimum Gasteiger partial charge on any atom is -0.480 e. The number of halogens is 1. The van der Waals surface area contributed by atoms with Crippen molar-refractivity contribution in [3.05, 3.63) is 52.4 Å². The van der Waals surface area contributed by atoms with Crippen LogP contribution in [0.1, 0.15) is 0 Å². The molecule has 176 valence electrons. The van der Waals surface area contributed by atoms with E-state index in [1.54, 1.807) is 30.5 Å². The van der Waals surface area contributed by atoms with Gasteiger partial charge in [0.2, 0.25) is 11.8 Å². The maximum atomic E-state index is 13.0. The molecule has 1 saturated heterocycles. The molecule has 12 heteroatoms. The summed E-state index contributed by atoms with van der Waals surface area (Å²) in [7, 11) is -2.40. The van der Waals surface area contributed by atoms with Crippen molar-refractivity contribution in [2.24, 2.45) is 0 Å². The highest BCUT2D eigenvalue weighted by Crippen LogP contribution is 2.38. The maximum absolute atomic E-state index is 13.0. The molecule has 1 aromatic carbocycles. The van der Waals surface area contributed by atoms with Crippen molar-refractivity contribution in [3.63, 3.8) is 0 Å². The van der Waals surface area contributed by atoms with Gasteiger partial charge in [-0.2, -0.15) is 0 Å². The minimum absolute atomic E-state index is 0.142. The Bertz CT molecular complexity index is 1440. The van der Waals surface area contributed by atoms with Gasteiger partial charge in [0.05, 0.1) is 40.1 Å².